The van der Waals surface area contributed by atoms with Gasteiger partial charge in [-0.1, -0.05) is 30.3 Å². The van der Waals surface area contributed by atoms with Crippen LogP contribution in [0.15, 0.2) is 53.9 Å². The first-order chi connectivity index (χ1) is 9.29. The van der Waals surface area contributed by atoms with Gasteiger partial charge in [0.25, 0.3) is 0 Å². The summed E-state index contributed by atoms with van der Waals surface area (Å²) in [5.41, 5.74) is 2.68. The Morgan fingerprint density at radius 3 is 2.53 bits per heavy atom. The van der Waals surface area contributed by atoms with Crippen molar-refractivity contribution in [3.63, 3.8) is 0 Å². The average molecular weight is 379 g/mol. The molecule has 2 aromatic carbocycles. The van der Waals surface area contributed by atoms with E-state index in [4.69, 9.17) is 0 Å². The Morgan fingerprint density at radius 1 is 1.05 bits per heavy atom. The number of rotatable bonds is 3. The summed E-state index contributed by atoms with van der Waals surface area (Å²) >= 11 is 4.16. The summed E-state index contributed by atoms with van der Waals surface area (Å²) in [5.74, 6) is 0. The lowest BCUT2D eigenvalue weighted by molar-refractivity contribution is 0.698. The third kappa shape index (κ3) is 2.55. The highest BCUT2D eigenvalue weighted by Crippen LogP contribution is 2.33. The topological polar surface area (TPSA) is 12.0 Å². The maximum Gasteiger partial charge on any atom is 0.0588 e. The minimum Gasteiger partial charge on any atom is -0.309 e. The quantitative estimate of drug-likeness (QED) is 0.644. The molecular weight excluding hydrogens is 365 g/mol. The van der Waals surface area contributed by atoms with E-state index in [0.717, 1.165) is 0 Å². The van der Waals surface area contributed by atoms with E-state index < -0.39 is 0 Å². The van der Waals surface area contributed by atoms with Crippen LogP contribution in [0.3, 0.4) is 0 Å². The molecule has 0 saturated carbocycles. The Hall–Kier alpha value is -0.910. The van der Waals surface area contributed by atoms with Crippen molar-refractivity contribution in [2.45, 2.75) is 6.04 Å². The minimum absolute atomic E-state index is 0.258. The third-order valence-corrected chi connectivity index (χ3v) is 5.01. The highest BCUT2D eigenvalue weighted by molar-refractivity contribution is 14.1. The molecule has 0 spiro atoms. The van der Waals surface area contributed by atoms with Gasteiger partial charge in [0, 0.05) is 8.27 Å². The van der Waals surface area contributed by atoms with E-state index in [1.807, 2.05) is 18.4 Å². The molecule has 0 saturated heterocycles. The summed E-state index contributed by atoms with van der Waals surface area (Å²) in [6, 6.07) is 17.6. The van der Waals surface area contributed by atoms with Crippen molar-refractivity contribution in [3.05, 3.63) is 68.6 Å². The van der Waals surface area contributed by atoms with Crippen LogP contribution in [0.1, 0.15) is 17.2 Å². The Bertz CT molecular complexity index is 687. The first-order valence-electron chi connectivity index (χ1n) is 6.18. The van der Waals surface area contributed by atoms with Crippen LogP contribution in [0.5, 0.6) is 0 Å². The second-order valence-electron chi connectivity index (χ2n) is 4.46. The van der Waals surface area contributed by atoms with Crippen LogP contribution in [-0.2, 0) is 0 Å². The molecule has 1 heterocycles. The van der Waals surface area contributed by atoms with E-state index in [-0.39, 0.29) is 6.04 Å². The maximum absolute atomic E-state index is 3.44. The summed E-state index contributed by atoms with van der Waals surface area (Å²) < 4.78 is 2.62. The summed E-state index contributed by atoms with van der Waals surface area (Å²) in [4.78, 5) is 0. The van der Waals surface area contributed by atoms with Crippen molar-refractivity contribution in [2.75, 3.05) is 7.05 Å². The molecule has 3 aromatic rings. The van der Waals surface area contributed by atoms with Gasteiger partial charge in [0.1, 0.15) is 0 Å². The number of fused-ring (bicyclic) bond motifs is 1. The maximum atomic E-state index is 3.44. The summed E-state index contributed by atoms with van der Waals surface area (Å²) in [5, 5.41) is 7.06. The van der Waals surface area contributed by atoms with Gasteiger partial charge in [-0.05, 0) is 69.7 Å². The van der Waals surface area contributed by atoms with Gasteiger partial charge in [-0.2, -0.15) is 0 Å². The lowest BCUT2D eigenvalue weighted by Crippen LogP contribution is -2.17. The van der Waals surface area contributed by atoms with E-state index >= 15 is 0 Å². The monoisotopic (exact) mass is 379 g/mol. The number of nitrogens with one attached hydrogen (secondary N) is 1. The Kier molecular flexibility index (Phi) is 3.86. The Morgan fingerprint density at radius 2 is 1.79 bits per heavy atom. The molecule has 0 aliphatic heterocycles. The fourth-order valence-corrected chi connectivity index (χ4v) is 3.73. The fraction of sp³-hybridized carbons (Fsp3) is 0.125. The van der Waals surface area contributed by atoms with Gasteiger partial charge < -0.3 is 5.32 Å². The molecule has 3 rings (SSSR count). The van der Waals surface area contributed by atoms with Gasteiger partial charge in [0.2, 0.25) is 0 Å². The largest absolute Gasteiger partial charge is 0.309 e. The lowest BCUT2D eigenvalue weighted by atomic mass is 9.98. The zero-order valence-electron chi connectivity index (χ0n) is 10.6. The van der Waals surface area contributed by atoms with Crippen LogP contribution in [0.2, 0.25) is 0 Å². The van der Waals surface area contributed by atoms with Gasteiger partial charge >= 0.3 is 0 Å². The fourth-order valence-electron chi connectivity index (χ4n) is 2.38. The highest BCUT2D eigenvalue weighted by Gasteiger charge is 2.15. The van der Waals surface area contributed by atoms with E-state index in [0.29, 0.717) is 0 Å². The molecule has 3 heteroatoms. The lowest BCUT2D eigenvalue weighted by Gasteiger charge is -2.16. The normalized spacial score (nSPS) is 12.7. The van der Waals surface area contributed by atoms with Crippen molar-refractivity contribution in [1.29, 1.82) is 0 Å². The van der Waals surface area contributed by atoms with E-state index in [9.17, 15) is 0 Å². The van der Waals surface area contributed by atoms with Gasteiger partial charge in [-0.3, -0.25) is 0 Å². The smallest absolute Gasteiger partial charge is 0.0588 e. The van der Waals surface area contributed by atoms with Crippen LogP contribution in [0, 0.1) is 3.57 Å². The van der Waals surface area contributed by atoms with Crippen LogP contribution in [0.4, 0.5) is 0 Å². The SMILES string of the molecule is CNC(c1ccc(I)cc1)c1csc2ccccc12. The number of benzene rings is 2. The molecule has 1 aromatic heterocycles. The molecule has 0 amide bonds. The molecular formula is C16H14INS. The molecule has 1 nitrogen and oxygen atoms in total. The molecule has 19 heavy (non-hydrogen) atoms. The molecule has 96 valence electrons. The summed E-state index contributed by atoms with van der Waals surface area (Å²) in [7, 11) is 2.02. The predicted molar refractivity (Wildman–Crippen MR) is 91.9 cm³/mol. The second-order valence-corrected chi connectivity index (χ2v) is 6.62. The average Bonchev–Trinajstić information content (AvgIpc) is 2.86. The van der Waals surface area contributed by atoms with E-state index in [1.54, 1.807) is 0 Å². The first kappa shape index (κ1) is 13.1. The molecule has 0 radical (unpaired) electrons. The molecule has 1 atom stereocenters. The standard InChI is InChI=1S/C16H14INS/c1-18-16(11-6-8-12(17)9-7-11)14-10-19-15-5-3-2-4-13(14)15/h2-10,16,18H,1H3. The van der Waals surface area contributed by atoms with Crippen LogP contribution in [0.25, 0.3) is 10.1 Å². The van der Waals surface area contributed by atoms with Crippen LogP contribution < -0.4 is 5.32 Å². The molecule has 0 aliphatic carbocycles. The van der Waals surface area contributed by atoms with Crippen molar-refractivity contribution in [1.82, 2.24) is 5.32 Å². The molecule has 0 aliphatic rings. The second kappa shape index (κ2) is 5.61. The van der Waals surface area contributed by atoms with Crippen molar-refractivity contribution >= 4 is 44.0 Å². The minimum atomic E-state index is 0.258. The highest BCUT2D eigenvalue weighted by atomic mass is 127. The Labute approximate surface area is 130 Å². The van der Waals surface area contributed by atoms with Crippen LogP contribution >= 0.6 is 33.9 Å². The Balaban J connectivity index is 2.09. The zero-order valence-corrected chi connectivity index (χ0v) is 13.5. The molecule has 1 unspecified atom stereocenters. The summed E-state index contributed by atoms with van der Waals surface area (Å²) in [6.45, 7) is 0. The number of hydrogen-bond acceptors (Lipinski definition) is 2. The van der Waals surface area contributed by atoms with Gasteiger partial charge in [0.05, 0.1) is 6.04 Å². The molecule has 0 bridgehead atoms. The van der Waals surface area contributed by atoms with Crippen molar-refractivity contribution < 1.29 is 0 Å². The van der Waals surface area contributed by atoms with Gasteiger partial charge in [-0.15, -0.1) is 11.3 Å². The summed E-state index contributed by atoms with van der Waals surface area (Å²) in [6.07, 6.45) is 0. The van der Waals surface area contributed by atoms with Crippen LogP contribution in [-0.4, -0.2) is 7.05 Å². The van der Waals surface area contributed by atoms with E-state index in [2.05, 4.69) is 81.8 Å². The number of thiophene rings is 1. The van der Waals surface area contributed by atoms with Gasteiger partial charge in [-0.25, -0.2) is 0 Å². The molecule has 0 fully saturated rings. The molecule has 1 N–H and O–H groups in total. The zero-order chi connectivity index (χ0) is 13.2. The predicted octanol–water partition coefficient (Wildman–Crippen LogP) is 4.81. The van der Waals surface area contributed by atoms with Gasteiger partial charge in [0.15, 0.2) is 0 Å². The van der Waals surface area contributed by atoms with Crippen molar-refractivity contribution in [2.24, 2.45) is 0 Å². The third-order valence-electron chi connectivity index (χ3n) is 3.31. The number of hydrogen-bond donors (Lipinski definition) is 1. The first-order valence-corrected chi connectivity index (χ1v) is 8.14. The number of halogens is 1. The van der Waals surface area contributed by atoms with Crippen molar-refractivity contribution in [3.8, 4) is 0 Å². The van der Waals surface area contributed by atoms with E-state index in [1.165, 1.54) is 24.8 Å².